The monoisotopic (exact) mass is 466 g/mol. The molecule has 0 unspecified atom stereocenters. The third-order valence-electron chi connectivity index (χ3n) is 3.74. The Bertz CT molecular complexity index is 799. The van der Waals surface area contributed by atoms with Gasteiger partial charge in [0.15, 0.2) is 6.04 Å². The average Bonchev–Trinajstić information content (AvgIpc) is 2.63. The van der Waals surface area contributed by atoms with E-state index in [-0.39, 0.29) is 18.0 Å². The summed E-state index contributed by atoms with van der Waals surface area (Å²) in [6, 6.07) is 7.08. The van der Waals surface area contributed by atoms with E-state index in [4.69, 9.17) is 26.4 Å². The molecule has 0 aromatic heterocycles. The Labute approximate surface area is 195 Å². The minimum Gasteiger partial charge on any atom is -0.464 e. The molecular weight excluding hydrogens is 432 g/mol. The van der Waals surface area contributed by atoms with Gasteiger partial charge in [0.05, 0.1) is 6.61 Å². The summed E-state index contributed by atoms with van der Waals surface area (Å²) in [5.41, 5.74) is -0.624. The van der Waals surface area contributed by atoms with Gasteiger partial charge < -0.3 is 24.8 Å². The molecule has 0 fully saturated rings. The number of hydrogen-bond donors (Lipinski definition) is 2. The topological polar surface area (TPSA) is 103 Å². The molecule has 9 heteroatoms. The van der Waals surface area contributed by atoms with E-state index in [0.717, 1.165) is 5.56 Å². The molecule has 0 heterocycles. The van der Waals surface area contributed by atoms with E-state index in [1.807, 2.05) is 30.3 Å². The summed E-state index contributed by atoms with van der Waals surface area (Å²) in [7, 11) is 0. The molecule has 178 valence electrons. The van der Waals surface area contributed by atoms with Gasteiger partial charge in [-0.2, -0.15) is 0 Å². The van der Waals surface area contributed by atoms with Crippen LogP contribution in [0.3, 0.4) is 0 Å². The maximum atomic E-state index is 12.9. The molecule has 0 aliphatic carbocycles. The van der Waals surface area contributed by atoms with Crippen LogP contribution in [0, 0.1) is 0 Å². The van der Waals surface area contributed by atoms with Gasteiger partial charge in [-0.15, -0.1) is 0 Å². The normalized spacial score (nSPS) is 13.3. The molecule has 1 aromatic carbocycles. The second kappa shape index (κ2) is 11.8. The maximum absolute atomic E-state index is 12.9. The van der Waals surface area contributed by atoms with E-state index < -0.39 is 41.3 Å². The second-order valence-corrected chi connectivity index (χ2v) is 9.56. The molecule has 0 aliphatic heterocycles. The van der Waals surface area contributed by atoms with Crippen molar-refractivity contribution in [3.63, 3.8) is 0 Å². The van der Waals surface area contributed by atoms with Crippen molar-refractivity contribution in [2.45, 2.75) is 78.2 Å². The van der Waals surface area contributed by atoms with E-state index in [1.54, 1.807) is 48.5 Å². The van der Waals surface area contributed by atoms with E-state index in [9.17, 15) is 14.4 Å². The van der Waals surface area contributed by atoms with Crippen molar-refractivity contribution >= 4 is 35.2 Å². The Kier molecular flexibility index (Phi) is 10.1. The molecule has 2 N–H and O–H groups in total. The summed E-state index contributed by atoms with van der Waals surface area (Å²) >= 11 is 5.39. The van der Waals surface area contributed by atoms with E-state index in [1.165, 1.54) is 0 Å². The van der Waals surface area contributed by atoms with Gasteiger partial charge in [0.25, 0.3) is 0 Å². The van der Waals surface area contributed by atoms with Crippen molar-refractivity contribution in [3.8, 4) is 0 Å². The molecule has 1 rings (SSSR count). The minimum absolute atomic E-state index is 0.0823. The van der Waals surface area contributed by atoms with Crippen LogP contribution < -0.4 is 10.6 Å². The highest BCUT2D eigenvalue weighted by atomic mass is 32.1. The molecule has 1 amide bonds. The first kappa shape index (κ1) is 27.4. The molecule has 0 radical (unpaired) electrons. The predicted molar refractivity (Wildman–Crippen MR) is 125 cm³/mol. The van der Waals surface area contributed by atoms with Crippen LogP contribution in [-0.4, -0.2) is 52.9 Å². The summed E-state index contributed by atoms with van der Waals surface area (Å²) in [6.45, 7) is 12.1. The summed E-state index contributed by atoms with van der Waals surface area (Å²) in [4.78, 5) is 37.5. The lowest BCUT2D eigenvalue weighted by Gasteiger charge is -2.27. The summed E-state index contributed by atoms with van der Waals surface area (Å²) in [5, 5.41) is 5.30. The van der Waals surface area contributed by atoms with Crippen molar-refractivity contribution in [1.29, 1.82) is 0 Å². The first-order valence-corrected chi connectivity index (χ1v) is 10.9. The smallest absolute Gasteiger partial charge is 0.408 e. The molecular formula is C23H34N2O6S. The standard InChI is InChI=1S/C23H34N2O6S/c1-8-29-20(27)17(25-21(28)31-23(5,6)7)18(32)24-16(19(26)30-22(2,3)4)14-15-12-10-9-11-13-15/h9-13,16-17H,8,14H2,1-7H3,(H,24,32)(H,25,28)/t16-,17-/m0/s1. The number of hydrogen-bond acceptors (Lipinski definition) is 7. The highest BCUT2D eigenvalue weighted by molar-refractivity contribution is 7.80. The zero-order valence-corrected chi connectivity index (χ0v) is 20.6. The number of amides is 1. The molecule has 8 nitrogen and oxygen atoms in total. The fraction of sp³-hybridized carbons (Fsp3) is 0.565. The zero-order valence-electron chi connectivity index (χ0n) is 19.8. The van der Waals surface area contributed by atoms with Gasteiger partial charge in [-0.1, -0.05) is 42.5 Å². The molecule has 32 heavy (non-hydrogen) atoms. The van der Waals surface area contributed by atoms with Gasteiger partial charge >= 0.3 is 18.0 Å². The van der Waals surface area contributed by atoms with E-state index in [2.05, 4.69) is 10.6 Å². The lowest BCUT2D eigenvalue weighted by atomic mass is 10.0. The molecule has 2 atom stereocenters. The maximum Gasteiger partial charge on any atom is 0.408 e. The number of thiocarbonyl (C=S) groups is 1. The number of benzene rings is 1. The van der Waals surface area contributed by atoms with Crippen molar-refractivity contribution < 1.29 is 28.6 Å². The molecule has 0 saturated carbocycles. The van der Waals surface area contributed by atoms with Crippen LogP contribution in [0.15, 0.2) is 30.3 Å². The van der Waals surface area contributed by atoms with Crippen molar-refractivity contribution in [1.82, 2.24) is 10.6 Å². The largest absolute Gasteiger partial charge is 0.464 e. The molecule has 1 aromatic rings. The third-order valence-corrected chi connectivity index (χ3v) is 4.09. The van der Waals surface area contributed by atoms with Crippen LogP contribution in [0.25, 0.3) is 0 Å². The lowest BCUT2D eigenvalue weighted by Crippen LogP contribution is -2.56. The van der Waals surface area contributed by atoms with Crippen LogP contribution in [-0.2, 0) is 30.2 Å². The molecule has 0 bridgehead atoms. The fourth-order valence-corrected chi connectivity index (χ4v) is 2.85. The van der Waals surface area contributed by atoms with Gasteiger partial charge in [0, 0.05) is 6.42 Å². The number of carbonyl (C=O) groups is 3. The average molecular weight is 467 g/mol. The Hall–Kier alpha value is -2.68. The lowest BCUT2D eigenvalue weighted by molar-refractivity contribution is -0.157. The van der Waals surface area contributed by atoms with Crippen LogP contribution in [0.5, 0.6) is 0 Å². The fourth-order valence-electron chi connectivity index (χ4n) is 2.55. The first-order valence-electron chi connectivity index (χ1n) is 10.4. The summed E-state index contributed by atoms with van der Waals surface area (Å²) < 4.78 is 15.8. The number of esters is 2. The number of alkyl carbamates (subject to hydrolysis) is 1. The zero-order chi connectivity index (χ0) is 24.5. The van der Waals surface area contributed by atoms with Crippen LogP contribution in [0.4, 0.5) is 4.79 Å². The Morgan fingerprint density at radius 2 is 1.47 bits per heavy atom. The van der Waals surface area contributed by atoms with Crippen LogP contribution >= 0.6 is 12.2 Å². The van der Waals surface area contributed by atoms with Gasteiger partial charge in [-0.05, 0) is 54.0 Å². The Balaban J connectivity index is 3.09. The van der Waals surface area contributed by atoms with Crippen molar-refractivity contribution in [3.05, 3.63) is 35.9 Å². The predicted octanol–water partition coefficient (Wildman–Crippen LogP) is 3.31. The number of nitrogens with one attached hydrogen (secondary N) is 2. The van der Waals surface area contributed by atoms with E-state index in [0.29, 0.717) is 0 Å². The molecule has 0 saturated heterocycles. The van der Waals surface area contributed by atoms with Gasteiger partial charge in [-0.3, -0.25) is 0 Å². The van der Waals surface area contributed by atoms with Gasteiger partial charge in [0.2, 0.25) is 0 Å². The quantitative estimate of drug-likeness (QED) is 0.342. The highest BCUT2D eigenvalue weighted by Crippen LogP contribution is 2.13. The summed E-state index contributed by atoms with van der Waals surface area (Å²) in [6.07, 6.45) is -0.575. The number of carbonyl (C=O) groups excluding carboxylic acids is 3. The summed E-state index contributed by atoms with van der Waals surface area (Å²) in [5.74, 6) is -1.30. The third kappa shape index (κ3) is 10.6. The second-order valence-electron chi connectivity index (χ2n) is 9.12. The van der Waals surface area contributed by atoms with Crippen LogP contribution in [0.1, 0.15) is 54.0 Å². The number of rotatable bonds is 8. The molecule has 0 aliphatic rings. The van der Waals surface area contributed by atoms with Gasteiger partial charge in [0.1, 0.15) is 22.2 Å². The van der Waals surface area contributed by atoms with Crippen molar-refractivity contribution in [2.75, 3.05) is 6.61 Å². The van der Waals surface area contributed by atoms with Crippen LogP contribution in [0.2, 0.25) is 0 Å². The molecule has 0 spiro atoms. The van der Waals surface area contributed by atoms with Gasteiger partial charge in [-0.25, -0.2) is 14.4 Å². The SMILES string of the molecule is CCOC(=O)[C@@H](NC(=O)OC(C)(C)C)C(=S)N[C@@H](Cc1ccccc1)C(=O)OC(C)(C)C. The number of ether oxygens (including phenoxy) is 3. The Morgan fingerprint density at radius 1 is 0.906 bits per heavy atom. The highest BCUT2D eigenvalue weighted by Gasteiger charge is 2.33. The van der Waals surface area contributed by atoms with E-state index >= 15 is 0 Å². The Morgan fingerprint density at radius 3 is 1.97 bits per heavy atom. The van der Waals surface area contributed by atoms with Crippen molar-refractivity contribution in [2.24, 2.45) is 0 Å². The minimum atomic E-state index is -1.33. The first-order chi connectivity index (χ1) is 14.7.